The zero-order valence-electron chi connectivity index (χ0n) is 14.3. The van der Waals surface area contributed by atoms with Crippen molar-refractivity contribution in [2.45, 2.75) is 19.8 Å². The number of alkyl halides is 1. The first kappa shape index (κ1) is 17.9. The molecule has 130 valence electrons. The summed E-state index contributed by atoms with van der Waals surface area (Å²) in [7, 11) is 0. The lowest BCUT2D eigenvalue weighted by Crippen LogP contribution is -2.23. The van der Waals surface area contributed by atoms with Crippen LogP contribution >= 0.6 is 22.6 Å². The molecule has 0 aliphatic carbocycles. The molecule has 0 aliphatic rings. The minimum atomic E-state index is -0.150. The first-order chi connectivity index (χ1) is 12.2. The molecule has 3 aromatic rings. The van der Waals surface area contributed by atoms with E-state index in [9.17, 15) is 4.79 Å². The van der Waals surface area contributed by atoms with Crippen molar-refractivity contribution >= 4 is 39.1 Å². The Morgan fingerprint density at radius 3 is 2.44 bits per heavy atom. The van der Waals surface area contributed by atoms with E-state index in [-0.39, 0.29) is 5.56 Å². The summed E-state index contributed by atoms with van der Waals surface area (Å²) in [5, 5.41) is 8.44. The van der Waals surface area contributed by atoms with Gasteiger partial charge in [-0.1, -0.05) is 52.9 Å². The molecule has 0 saturated heterocycles. The number of hydrogen-bond donors (Lipinski definition) is 1. The molecule has 0 unspecified atom stereocenters. The molecule has 3 rings (SSSR count). The number of hydrogen-bond acceptors (Lipinski definition) is 3. The summed E-state index contributed by atoms with van der Waals surface area (Å²) in [4.78, 5) is 14.3. The van der Waals surface area contributed by atoms with E-state index in [2.05, 4.69) is 68.9 Å². The van der Waals surface area contributed by atoms with Crippen LogP contribution in [0.15, 0.2) is 53.3 Å². The summed E-state index contributed by atoms with van der Waals surface area (Å²) in [6.07, 6.45) is 2.47. The van der Waals surface area contributed by atoms with E-state index in [1.165, 1.54) is 23.0 Å². The number of aromatic nitrogens is 2. The van der Waals surface area contributed by atoms with E-state index in [0.717, 1.165) is 29.7 Å². The van der Waals surface area contributed by atoms with Crippen molar-refractivity contribution < 1.29 is 0 Å². The molecule has 0 radical (unpaired) electrons. The number of aromatic amines is 1. The van der Waals surface area contributed by atoms with E-state index >= 15 is 0 Å². The monoisotopic (exact) mass is 447 g/mol. The van der Waals surface area contributed by atoms with Crippen LogP contribution < -0.4 is 10.5 Å². The average molecular weight is 447 g/mol. The lowest BCUT2D eigenvalue weighted by Gasteiger charge is -2.23. The van der Waals surface area contributed by atoms with Gasteiger partial charge in [0.1, 0.15) is 0 Å². The molecule has 0 spiro atoms. The second-order valence-corrected chi connectivity index (χ2v) is 7.05. The van der Waals surface area contributed by atoms with Gasteiger partial charge in [0.25, 0.3) is 5.56 Å². The Morgan fingerprint density at radius 2 is 1.76 bits per heavy atom. The van der Waals surface area contributed by atoms with Crippen molar-refractivity contribution in [3.05, 3.63) is 58.9 Å². The van der Waals surface area contributed by atoms with Crippen LogP contribution in [0, 0.1) is 0 Å². The second-order valence-electron chi connectivity index (χ2n) is 5.97. The van der Waals surface area contributed by atoms with Crippen LogP contribution in [0.2, 0.25) is 0 Å². The molecule has 2 aromatic carbocycles. The number of nitrogens with zero attached hydrogens (tertiary/aromatic N) is 2. The molecular formula is C20H22IN3O. The first-order valence-electron chi connectivity index (χ1n) is 8.63. The van der Waals surface area contributed by atoms with Gasteiger partial charge in [-0.25, -0.2) is 5.10 Å². The van der Waals surface area contributed by atoms with E-state index in [4.69, 9.17) is 0 Å². The number of fused-ring (bicyclic) bond motifs is 1. The number of unbranched alkanes of at least 4 members (excludes halogenated alkanes) is 1. The molecule has 4 nitrogen and oxygen atoms in total. The number of nitrogens with one attached hydrogen (secondary N) is 1. The highest BCUT2D eigenvalue weighted by molar-refractivity contribution is 14.1. The fourth-order valence-corrected chi connectivity index (χ4v) is 3.57. The Balaban J connectivity index is 1.90. The molecule has 1 N–H and O–H groups in total. The third kappa shape index (κ3) is 4.03. The van der Waals surface area contributed by atoms with Gasteiger partial charge in [0.15, 0.2) is 0 Å². The molecular weight excluding hydrogens is 425 g/mol. The number of rotatable bonds is 7. The van der Waals surface area contributed by atoms with Gasteiger partial charge < -0.3 is 4.90 Å². The molecule has 0 bridgehead atoms. The molecule has 0 atom stereocenters. The van der Waals surface area contributed by atoms with Crippen LogP contribution in [-0.4, -0.2) is 27.7 Å². The normalized spacial score (nSPS) is 11.0. The Labute approximate surface area is 161 Å². The fraction of sp³-hybridized carbons (Fsp3) is 0.300. The highest BCUT2D eigenvalue weighted by Crippen LogP contribution is 2.26. The fourth-order valence-electron chi connectivity index (χ4n) is 3.03. The molecule has 25 heavy (non-hydrogen) atoms. The zero-order chi connectivity index (χ0) is 17.6. The molecule has 0 saturated carbocycles. The lowest BCUT2D eigenvalue weighted by atomic mass is 10.0. The van der Waals surface area contributed by atoms with E-state index in [1.54, 1.807) is 0 Å². The molecule has 5 heteroatoms. The third-order valence-electron chi connectivity index (χ3n) is 4.40. The summed E-state index contributed by atoms with van der Waals surface area (Å²) in [6, 6.07) is 16.1. The van der Waals surface area contributed by atoms with Crippen LogP contribution in [0.3, 0.4) is 0 Å². The maximum atomic E-state index is 11.9. The quantitative estimate of drug-likeness (QED) is 0.327. The molecule has 0 aliphatic heterocycles. The summed E-state index contributed by atoms with van der Waals surface area (Å²) >= 11 is 2.43. The molecule has 1 heterocycles. The SMILES string of the molecule is CCN(CCCCI)c1ccc(-c2n[nH]c(=O)c3ccccc23)cc1. The van der Waals surface area contributed by atoms with Crippen molar-refractivity contribution in [3.8, 4) is 11.3 Å². The lowest BCUT2D eigenvalue weighted by molar-refractivity contribution is 0.740. The molecule has 1 aromatic heterocycles. The van der Waals surface area contributed by atoms with Crippen LogP contribution in [0.25, 0.3) is 22.0 Å². The highest BCUT2D eigenvalue weighted by Gasteiger charge is 2.09. The predicted molar refractivity (Wildman–Crippen MR) is 114 cm³/mol. The van der Waals surface area contributed by atoms with Gasteiger partial charge in [0.2, 0.25) is 0 Å². The van der Waals surface area contributed by atoms with E-state index in [1.807, 2.05) is 24.3 Å². The third-order valence-corrected chi connectivity index (χ3v) is 5.16. The predicted octanol–water partition coefficient (Wildman–Crippen LogP) is 4.63. The maximum absolute atomic E-state index is 11.9. The summed E-state index contributed by atoms with van der Waals surface area (Å²) in [5.74, 6) is 0. The maximum Gasteiger partial charge on any atom is 0.272 e. The Hall–Kier alpha value is -1.89. The van der Waals surface area contributed by atoms with Gasteiger partial charge in [-0.3, -0.25) is 4.79 Å². The van der Waals surface area contributed by atoms with Crippen molar-refractivity contribution in [2.75, 3.05) is 22.4 Å². The number of halogens is 1. The van der Waals surface area contributed by atoms with Crippen molar-refractivity contribution in [1.82, 2.24) is 10.2 Å². The largest absolute Gasteiger partial charge is 0.372 e. The number of H-pyrrole nitrogens is 1. The number of anilines is 1. The topological polar surface area (TPSA) is 49.0 Å². The van der Waals surface area contributed by atoms with Gasteiger partial charge >= 0.3 is 0 Å². The first-order valence-corrected chi connectivity index (χ1v) is 10.2. The van der Waals surface area contributed by atoms with Crippen LogP contribution in [-0.2, 0) is 0 Å². The minimum absolute atomic E-state index is 0.150. The van der Waals surface area contributed by atoms with Crippen LogP contribution in [0.5, 0.6) is 0 Å². The van der Waals surface area contributed by atoms with Gasteiger partial charge in [0, 0.05) is 29.7 Å². The van der Waals surface area contributed by atoms with Crippen LogP contribution in [0.1, 0.15) is 19.8 Å². The van der Waals surface area contributed by atoms with Gasteiger partial charge in [-0.05, 0) is 42.4 Å². The summed E-state index contributed by atoms with van der Waals surface area (Å²) in [6.45, 7) is 4.27. The molecule has 0 fully saturated rings. The Kier molecular flexibility index (Phi) is 6.07. The van der Waals surface area contributed by atoms with Crippen LogP contribution in [0.4, 0.5) is 5.69 Å². The standard InChI is InChI=1S/C20H22IN3O/c1-2-24(14-6-5-13-21)16-11-9-15(10-12-16)19-17-7-3-4-8-18(17)20(25)23-22-19/h3-4,7-12H,2,5-6,13-14H2,1H3,(H,23,25). The average Bonchev–Trinajstić information content (AvgIpc) is 2.66. The van der Waals surface area contributed by atoms with E-state index in [0.29, 0.717) is 5.39 Å². The van der Waals surface area contributed by atoms with Gasteiger partial charge in [-0.15, -0.1) is 0 Å². The number of benzene rings is 2. The van der Waals surface area contributed by atoms with E-state index < -0.39 is 0 Å². The summed E-state index contributed by atoms with van der Waals surface area (Å²) in [5.41, 5.74) is 2.91. The van der Waals surface area contributed by atoms with Crippen molar-refractivity contribution in [3.63, 3.8) is 0 Å². The Morgan fingerprint density at radius 1 is 1.04 bits per heavy atom. The van der Waals surface area contributed by atoms with Gasteiger partial charge in [-0.2, -0.15) is 5.10 Å². The Bertz CT molecular complexity index is 889. The van der Waals surface area contributed by atoms with Crippen molar-refractivity contribution in [1.29, 1.82) is 0 Å². The highest BCUT2D eigenvalue weighted by atomic mass is 127. The second kappa shape index (κ2) is 8.47. The smallest absolute Gasteiger partial charge is 0.272 e. The minimum Gasteiger partial charge on any atom is -0.372 e. The van der Waals surface area contributed by atoms with Gasteiger partial charge in [0.05, 0.1) is 11.1 Å². The van der Waals surface area contributed by atoms with Crippen molar-refractivity contribution in [2.24, 2.45) is 0 Å². The molecule has 0 amide bonds. The zero-order valence-corrected chi connectivity index (χ0v) is 16.5. The summed E-state index contributed by atoms with van der Waals surface area (Å²) < 4.78 is 1.21.